The molecule has 0 aliphatic rings. The van der Waals surface area contributed by atoms with Crippen molar-refractivity contribution in [1.29, 1.82) is 0 Å². The van der Waals surface area contributed by atoms with Gasteiger partial charge in [-0.25, -0.2) is 4.79 Å². The van der Waals surface area contributed by atoms with Gasteiger partial charge in [0.05, 0.1) is 18.6 Å². The van der Waals surface area contributed by atoms with Gasteiger partial charge in [-0.3, -0.25) is 24.2 Å². The van der Waals surface area contributed by atoms with E-state index >= 15 is 0 Å². The van der Waals surface area contributed by atoms with Crippen molar-refractivity contribution in [3.63, 3.8) is 0 Å². The number of hydrogen-bond donors (Lipinski definition) is 10. The third-order valence-corrected chi connectivity index (χ3v) is 5.37. The van der Waals surface area contributed by atoms with Crippen LogP contribution >= 0.6 is 0 Å². The van der Waals surface area contributed by atoms with Gasteiger partial charge in [-0.2, -0.15) is 0 Å². The predicted molar refractivity (Wildman–Crippen MR) is 137 cm³/mol. The number of carboxylic acid groups (broad SMARTS) is 2. The highest BCUT2D eigenvalue weighted by molar-refractivity contribution is 5.95. The number of aliphatic imine (C=N–C) groups is 1. The summed E-state index contributed by atoms with van der Waals surface area (Å²) in [4.78, 5) is 64.5. The molecule has 16 heteroatoms. The highest BCUT2D eigenvalue weighted by Gasteiger charge is 2.33. The second-order valence-corrected chi connectivity index (χ2v) is 8.71. The first-order chi connectivity index (χ1) is 18.2. The number of benzene rings is 1. The number of aliphatic hydroxyl groups excluding tert-OH is 1. The number of phenols is 1. The summed E-state index contributed by atoms with van der Waals surface area (Å²) >= 11 is 0. The van der Waals surface area contributed by atoms with Crippen LogP contribution in [0.25, 0.3) is 0 Å². The summed E-state index contributed by atoms with van der Waals surface area (Å²) in [6, 6.07) is -0.146. The van der Waals surface area contributed by atoms with Gasteiger partial charge in [-0.15, -0.1) is 0 Å². The molecular weight excluding hydrogens is 518 g/mol. The fraction of sp³-hybridized carbons (Fsp3) is 0.478. The minimum atomic E-state index is -1.82. The quantitative estimate of drug-likeness (QED) is 0.0547. The number of carboxylic acids is 2. The molecule has 16 nitrogen and oxygen atoms in total. The summed E-state index contributed by atoms with van der Waals surface area (Å²) in [5.74, 6) is -6.06. The molecule has 3 amide bonds. The number of rotatable bonds is 16. The van der Waals surface area contributed by atoms with E-state index in [1.807, 2.05) is 5.32 Å². The number of carbonyl (C=O) groups excluding carboxylic acids is 3. The molecule has 5 atom stereocenters. The van der Waals surface area contributed by atoms with E-state index in [9.17, 15) is 39.3 Å². The van der Waals surface area contributed by atoms with Crippen LogP contribution in [0, 0.1) is 0 Å². The van der Waals surface area contributed by atoms with Crippen LogP contribution in [0.15, 0.2) is 29.3 Å². The Hall–Kier alpha value is -4.44. The standard InChI is InChI=1S/C23H35N7O9/c1-11(31)18(21(37)29-16(22(38)39)10-17(33)34)30-20(36)15(9-12-4-6-13(32)7-5-12)28-19(35)14(24)3-2-8-27-23(25)26/h4-7,11,14-16,18,31-32H,2-3,8-10,24H2,1H3,(H,28,35)(H,29,37)(H,30,36)(H,33,34)(H,38,39)(H4,25,26,27). The number of aromatic hydroxyl groups is 1. The molecule has 13 N–H and O–H groups in total. The number of amides is 3. The lowest BCUT2D eigenvalue weighted by Gasteiger charge is -2.26. The first-order valence-corrected chi connectivity index (χ1v) is 11.8. The average molecular weight is 554 g/mol. The number of hydrogen-bond acceptors (Lipinski definition) is 9. The Bertz CT molecular complexity index is 1040. The maximum absolute atomic E-state index is 13.2. The number of aliphatic carboxylic acids is 2. The number of carbonyl (C=O) groups is 5. The van der Waals surface area contributed by atoms with E-state index in [1.54, 1.807) is 0 Å². The lowest BCUT2D eigenvalue weighted by Crippen LogP contribution is -2.60. The van der Waals surface area contributed by atoms with Gasteiger partial charge in [0.25, 0.3) is 0 Å². The van der Waals surface area contributed by atoms with Gasteiger partial charge in [0.1, 0.15) is 23.9 Å². The van der Waals surface area contributed by atoms with Gasteiger partial charge < -0.3 is 53.6 Å². The molecule has 0 bridgehead atoms. The summed E-state index contributed by atoms with van der Waals surface area (Å²) < 4.78 is 0. The van der Waals surface area contributed by atoms with Crippen LogP contribution in [0.2, 0.25) is 0 Å². The Morgan fingerprint density at radius 2 is 1.51 bits per heavy atom. The first-order valence-electron chi connectivity index (χ1n) is 11.8. The summed E-state index contributed by atoms with van der Waals surface area (Å²) in [6.45, 7) is 1.38. The largest absolute Gasteiger partial charge is 0.508 e. The fourth-order valence-electron chi connectivity index (χ4n) is 3.30. The molecule has 0 fully saturated rings. The number of phenolic OH excluding ortho intramolecular Hbond substituents is 1. The molecule has 1 rings (SSSR count). The van der Waals surface area contributed by atoms with E-state index < -0.39 is 66.4 Å². The van der Waals surface area contributed by atoms with E-state index in [1.165, 1.54) is 24.3 Å². The molecule has 0 aromatic heterocycles. The van der Waals surface area contributed by atoms with Gasteiger partial charge >= 0.3 is 11.9 Å². The zero-order valence-corrected chi connectivity index (χ0v) is 21.2. The maximum atomic E-state index is 13.2. The van der Waals surface area contributed by atoms with E-state index in [2.05, 4.69) is 15.6 Å². The van der Waals surface area contributed by atoms with Gasteiger partial charge in [0.2, 0.25) is 17.7 Å². The summed E-state index contributed by atoms with van der Waals surface area (Å²) in [5.41, 5.74) is 16.9. The highest BCUT2D eigenvalue weighted by atomic mass is 16.4. The lowest BCUT2D eigenvalue weighted by atomic mass is 10.0. The SMILES string of the molecule is CC(O)C(NC(=O)C(Cc1ccc(O)cc1)NC(=O)C(N)CCCN=C(N)N)C(=O)NC(CC(=O)O)C(=O)O. The molecule has 1 aromatic rings. The predicted octanol–water partition coefficient (Wildman–Crippen LogP) is -3.29. The van der Waals surface area contributed by atoms with Gasteiger partial charge in [0.15, 0.2) is 5.96 Å². The summed E-state index contributed by atoms with van der Waals surface area (Å²) in [5, 5.41) is 44.4. The number of guanidine groups is 1. The third-order valence-electron chi connectivity index (χ3n) is 5.37. The van der Waals surface area contributed by atoms with Gasteiger partial charge in [-0.05, 0) is 37.5 Å². The monoisotopic (exact) mass is 553 g/mol. The first kappa shape index (κ1) is 32.6. The minimum Gasteiger partial charge on any atom is -0.508 e. The maximum Gasteiger partial charge on any atom is 0.326 e. The molecule has 0 saturated carbocycles. The summed E-state index contributed by atoms with van der Waals surface area (Å²) in [7, 11) is 0. The lowest BCUT2D eigenvalue weighted by molar-refractivity contribution is -0.148. The fourth-order valence-corrected chi connectivity index (χ4v) is 3.30. The van der Waals surface area contributed by atoms with Crippen molar-refractivity contribution < 1.29 is 44.4 Å². The number of nitrogens with two attached hydrogens (primary N) is 3. The smallest absolute Gasteiger partial charge is 0.326 e. The van der Waals surface area contributed by atoms with Crippen LogP contribution in [0.5, 0.6) is 5.75 Å². The van der Waals surface area contributed by atoms with Crippen molar-refractivity contribution in [2.45, 2.75) is 62.9 Å². The van der Waals surface area contributed by atoms with E-state index in [-0.39, 0.29) is 31.1 Å². The van der Waals surface area contributed by atoms with E-state index in [0.29, 0.717) is 12.0 Å². The van der Waals surface area contributed by atoms with Crippen LogP contribution in [-0.4, -0.2) is 92.9 Å². The Labute approximate surface area is 223 Å². The second-order valence-electron chi connectivity index (χ2n) is 8.71. The molecule has 0 aliphatic carbocycles. The number of aliphatic hydroxyl groups is 1. The van der Waals surface area contributed by atoms with Crippen LogP contribution < -0.4 is 33.2 Å². The van der Waals surface area contributed by atoms with Gasteiger partial charge in [-0.1, -0.05) is 12.1 Å². The molecular formula is C23H35N7O9. The highest BCUT2D eigenvalue weighted by Crippen LogP contribution is 2.12. The van der Waals surface area contributed by atoms with E-state index in [4.69, 9.17) is 22.3 Å². The molecule has 39 heavy (non-hydrogen) atoms. The summed E-state index contributed by atoms with van der Waals surface area (Å²) in [6.07, 6.45) is -2.04. The molecule has 216 valence electrons. The molecule has 0 heterocycles. The number of nitrogens with one attached hydrogen (secondary N) is 3. The molecule has 0 saturated heterocycles. The Morgan fingerprint density at radius 3 is 2.03 bits per heavy atom. The van der Waals surface area contributed by atoms with Crippen molar-refractivity contribution in [3.8, 4) is 5.75 Å². The zero-order valence-electron chi connectivity index (χ0n) is 21.2. The van der Waals surface area contributed by atoms with Crippen molar-refractivity contribution in [1.82, 2.24) is 16.0 Å². The van der Waals surface area contributed by atoms with Crippen molar-refractivity contribution in [2.24, 2.45) is 22.2 Å². The van der Waals surface area contributed by atoms with Crippen molar-refractivity contribution in [2.75, 3.05) is 6.54 Å². The Kier molecular flexibility index (Phi) is 13.1. The number of nitrogens with zero attached hydrogens (tertiary/aromatic N) is 1. The molecule has 5 unspecified atom stereocenters. The normalized spacial score (nSPS) is 14.5. The van der Waals surface area contributed by atoms with Crippen molar-refractivity contribution in [3.05, 3.63) is 29.8 Å². The Morgan fingerprint density at radius 1 is 0.923 bits per heavy atom. The van der Waals surface area contributed by atoms with Crippen LogP contribution in [0.4, 0.5) is 0 Å². The van der Waals surface area contributed by atoms with Crippen molar-refractivity contribution >= 4 is 35.6 Å². The molecule has 0 spiro atoms. The third kappa shape index (κ3) is 12.1. The topological polar surface area (TPSA) is 293 Å². The van der Waals surface area contributed by atoms with Crippen LogP contribution in [-0.2, 0) is 30.4 Å². The molecule has 1 aromatic carbocycles. The van der Waals surface area contributed by atoms with Crippen LogP contribution in [0.1, 0.15) is 31.7 Å². The van der Waals surface area contributed by atoms with Gasteiger partial charge in [0, 0.05) is 13.0 Å². The molecule has 0 radical (unpaired) electrons. The average Bonchev–Trinajstić information content (AvgIpc) is 2.84. The second kappa shape index (κ2) is 15.7. The van der Waals surface area contributed by atoms with E-state index in [0.717, 1.165) is 6.92 Å². The Balaban J connectivity index is 3.06. The minimum absolute atomic E-state index is 0.0354. The zero-order chi connectivity index (χ0) is 29.7. The van der Waals surface area contributed by atoms with Crippen LogP contribution in [0.3, 0.4) is 0 Å². The molecule has 0 aliphatic heterocycles.